The van der Waals surface area contributed by atoms with Crippen LogP contribution in [0.5, 0.6) is 17.2 Å². The van der Waals surface area contributed by atoms with Gasteiger partial charge in [-0.1, -0.05) is 18.2 Å². The lowest BCUT2D eigenvalue weighted by atomic mass is 10.1. The molecule has 5 nitrogen and oxygen atoms in total. The monoisotopic (exact) mass is 357 g/mol. The minimum absolute atomic E-state index is 0.00353. The summed E-state index contributed by atoms with van der Waals surface area (Å²) in [7, 11) is 0. The number of carbonyl (C=O) groups excluding carboxylic acids is 1. The van der Waals surface area contributed by atoms with E-state index in [9.17, 15) is 4.79 Å². The third-order valence-electron chi connectivity index (χ3n) is 3.56. The molecule has 0 unspecified atom stereocenters. The van der Waals surface area contributed by atoms with Crippen molar-refractivity contribution in [3.05, 3.63) is 53.6 Å². The van der Waals surface area contributed by atoms with Gasteiger partial charge in [0, 0.05) is 6.54 Å². The van der Waals surface area contributed by atoms with E-state index >= 15 is 0 Å². The Kier molecular flexibility index (Phi) is 7.33. The molecule has 2 aromatic rings. The lowest BCUT2D eigenvalue weighted by Crippen LogP contribution is -2.24. The van der Waals surface area contributed by atoms with Gasteiger partial charge < -0.3 is 19.5 Å². The highest BCUT2D eigenvalue weighted by Gasteiger charge is 2.13. The van der Waals surface area contributed by atoms with E-state index in [2.05, 4.69) is 5.32 Å². The van der Waals surface area contributed by atoms with Gasteiger partial charge in [0.1, 0.15) is 5.75 Å². The first kappa shape index (κ1) is 19.6. The molecular formula is C21H27NO4. The number of benzene rings is 2. The molecule has 0 saturated carbocycles. The van der Waals surface area contributed by atoms with Crippen molar-refractivity contribution >= 4 is 5.91 Å². The molecule has 0 aliphatic carbocycles. The van der Waals surface area contributed by atoms with E-state index in [1.54, 1.807) is 12.1 Å². The predicted octanol–water partition coefficient (Wildman–Crippen LogP) is 4.20. The Morgan fingerprint density at radius 3 is 2.35 bits per heavy atom. The third kappa shape index (κ3) is 5.41. The summed E-state index contributed by atoms with van der Waals surface area (Å²) in [6, 6.07) is 12.9. The highest BCUT2D eigenvalue weighted by atomic mass is 16.5. The molecular weight excluding hydrogens is 330 g/mol. The minimum Gasteiger partial charge on any atom is -0.490 e. The van der Waals surface area contributed by atoms with Crippen LogP contribution < -0.4 is 19.5 Å². The van der Waals surface area contributed by atoms with Crippen LogP contribution in [0.15, 0.2) is 42.5 Å². The zero-order valence-electron chi connectivity index (χ0n) is 15.9. The van der Waals surface area contributed by atoms with E-state index in [4.69, 9.17) is 14.2 Å². The first-order chi connectivity index (χ1) is 12.5. The molecule has 0 bridgehead atoms. The van der Waals surface area contributed by atoms with Gasteiger partial charge in [0.15, 0.2) is 11.5 Å². The van der Waals surface area contributed by atoms with Crippen molar-refractivity contribution in [2.45, 2.75) is 40.3 Å². The molecule has 5 heteroatoms. The number of carbonyl (C=O) groups is 1. The summed E-state index contributed by atoms with van der Waals surface area (Å²) in [5.74, 6) is 1.81. The molecule has 0 fully saturated rings. The van der Waals surface area contributed by atoms with Gasteiger partial charge in [0.2, 0.25) is 0 Å². The number of hydrogen-bond donors (Lipinski definition) is 1. The van der Waals surface area contributed by atoms with Gasteiger partial charge in [-0.3, -0.25) is 4.79 Å². The fraction of sp³-hybridized carbons (Fsp3) is 0.381. The molecule has 2 rings (SSSR count). The van der Waals surface area contributed by atoms with Crippen molar-refractivity contribution in [3.63, 3.8) is 0 Å². The summed E-state index contributed by atoms with van der Waals surface area (Å²) in [4.78, 5) is 12.6. The Morgan fingerprint density at radius 1 is 0.962 bits per heavy atom. The summed E-state index contributed by atoms with van der Waals surface area (Å²) >= 11 is 0. The Labute approximate surface area is 155 Å². The van der Waals surface area contributed by atoms with E-state index in [1.807, 2.05) is 58.0 Å². The largest absolute Gasteiger partial charge is 0.490 e. The predicted molar refractivity (Wildman–Crippen MR) is 102 cm³/mol. The van der Waals surface area contributed by atoms with Crippen LogP contribution in [0.3, 0.4) is 0 Å². The van der Waals surface area contributed by atoms with E-state index in [1.165, 1.54) is 0 Å². The van der Waals surface area contributed by atoms with Crippen molar-refractivity contribution in [1.29, 1.82) is 0 Å². The van der Waals surface area contributed by atoms with Gasteiger partial charge in [-0.25, -0.2) is 0 Å². The fourth-order valence-electron chi connectivity index (χ4n) is 2.49. The second-order valence-electron chi connectivity index (χ2n) is 5.99. The van der Waals surface area contributed by atoms with Crippen LogP contribution in [-0.2, 0) is 6.54 Å². The average Bonchev–Trinajstić information content (AvgIpc) is 2.62. The maximum Gasteiger partial charge on any atom is 0.255 e. The van der Waals surface area contributed by atoms with Crippen LogP contribution in [0.4, 0.5) is 0 Å². The summed E-state index contributed by atoms with van der Waals surface area (Å²) in [6.45, 7) is 9.24. The number of para-hydroxylation sites is 1. The summed E-state index contributed by atoms with van der Waals surface area (Å²) in [5, 5.41) is 2.93. The molecule has 0 aliphatic rings. The molecule has 1 amide bonds. The van der Waals surface area contributed by atoms with Crippen molar-refractivity contribution in [3.8, 4) is 17.2 Å². The first-order valence-corrected chi connectivity index (χ1v) is 8.97. The molecule has 1 N–H and O–H groups in total. The SMILES string of the molecule is CCOc1ccc(CNC(=O)c2ccccc2OC(C)C)cc1OCC. The normalized spacial score (nSPS) is 10.5. The van der Waals surface area contributed by atoms with Gasteiger partial charge in [-0.05, 0) is 57.5 Å². The lowest BCUT2D eigenvalue weighted by molar-refractivity contribution is 0.0945. The molecule has 0 saturated heterocycles. The molecule has 2 aromatic carbocycles. The molecule has 0 atom stereocenters. The van der Waals surface area contributed by atoms with E-state index in [0.717, 1.165) is 5.56 Å². The van der Waals surface area contributed by atoms with Gasteiger partial charge in [-0.15, -0.1) is 0 Å². The first-order valence-electron chi connectivity index (χ1n) is 8.97. The standard InChI is InChI=1S/C21H27NO4/c1-5-24-19-12-11-16(13-20(19)25-6-2)14-22-21(23)17-9-7-8-10-18(17)26-15(3)4/h7-13,15H,5-6,14H2,1-4H3,(H,22,23). The summed E-state index contributed by atoms with van der Waals surface area (Å²) in [5.41, 5.74) is 1.46. The molecule has 140 valence electrons. The maximum absolute atomic E-state index is 12.6. The molecule has 0 spiro atoms. The molecule has 26 heavy (non-hydrogen) atoms. The lowest BCUT2D eigenvalue weighted by Gasteiger charge is -2.15. The average molecular weight is 357 g/mol. The van der Waals surface area contributed by atoms with Crippen molar-refractivity contribution in [2.24, 2.45) is 0 Å². The molecule has 0 radical (unpaired) electrons. The number of nitrogens with one attached hydrogen (secondary N) is 1. The summed E-state index contributed by atoms with van der Waals surface area (Å²) in [6.07, 6.45) is 0.00353. The fourth-order valence-corrected chi connectivity index (χ4v) is 2.49. The quantitative estimate of drug-likeness (QED) is 0.731. The molecule has 0 aromatic heterocycles. The summed E-state index contributed by atoms with van der Waals surface area (Å²) < 4.78 is 16.9. The van der Waals surface area contributed by atoms with E-state index < -0.39 is 0 Å². The van der Waals surface area contributed by atoms with Crippen LogP contribution in [0.25, 0.3) is 0 Å². The number of ether oxygens (including phenoxy) is 3. The van der Waals surface area contributed by atoms with E-state index in [0.29, 0.717) is 42.6 Å². The van der Waals surface area contributed by atoms with E-state index in [-0.39, 0.29) is 12.0 Å². The van der Waals surface area contributed by atoms with Crippen molar-refractivity contribution < 1.29 is 19.0 Å². The van der Waals surface area contributed by atoms with Crippen LogP contribution in [0, 0.1) is 0 Å². The van der Waals surface area contributed by atoms with Crippen LogP contribution in [0.1, 0.15) is 43.6 Å². The third-order valence-corrected chi connectivity index (χ3v) is 3.56. The number of rotatable bonds is 9. The Hall–Kier alpha value is -2.69. The van der Waals surface area contributed by atoms with Crippen molar-refractivity contribution in [1.82, 2.24) is 5.32 Å². The smallest absolute Gasteiger partial charge is 0.255 e. The highest BCUT2D eigenvalue weighted by Crippen LogP contribution is 2.28. The molecule has 0 heterocycles. The Balaban J connectivity index is 2.09. The highest BCUT2D eigenvalue weighted by molar-refractivity contribution is 5.96. The Morgan fingerprint density at radius 2 is 1.65 bits per heavy atom. The minimum atomic E-state index is -0.173. The second kappa shape index (κ2) is 9.70. The second-order valence-corrected chi connectivity index (χ2v) is 5.99. The van der Waals surface area contributed by atoms with Crippen LogP contribution in [-0.4, -0.2) is 25.2 Å². The van der Waals surface area contributed by atoms with Gasteiger partial charge in [0.25, 0.3) is 5.91 Å². The number of hydrogen-bond acceptors (Lipinski definition) is 4. The molecule has 0 aliphatic heterocycles. The number of amides is 1. The van der Waals surface area contributed by atoms with Gasteiger partial charge in [0.05, 0.1) is 24.9 Å². The van der Waals surface area contributed by atoms with Gasteiger partial charge in [-0.2, -0.15) is 0 Å². The van der Waals surface area contributed by atoms with Crippen LogP contribution >= 0.6 is 0 Å². The topological polar surface area (TPSA) is 56.8 Å². The zero-order chi connectivity index (χ0) is 18.9. The van der Waals surface area contributed by atoms with Gasteiger partial charge >= 0.3 is 0 Å². The van der Waals surface area contributed by atoms with Crippen LogP contribution in [0.2, 0.25) is 0 Å². The maximum atomic E-state index is 12.6. The Bertz CT molecular complexity index is 728. The zero-order valence-corrected chi connectivity index (χ0v) is 15.9. The van der Waals surface area contributed by atoms with Crippen molar-refractivity contribution in [2.75, 3.05) is 13.2 Å².